The normalized spacial score (nSPS) is 24.2. The van der Waals surface area contributed by atoms with Gasteiger partial charge in [-0.1, -0.05) is 0 Å². The maximum absolute atomic E-state index is 5.45. The van der Waals surface area contributed by atoms with Crippen molar-refractivity contribution in [2.75, 3.05) is 13.1 Å². The molecule has 1 spiro atoms. The average molecular weight is 220 g/mol. The summed E-state index contributed by atoms with van der Waals surface area (Å²) in [5.41, 5.74) is 1.70. The molecule has 0 radical (unpaired) electrons. The maximum atomic E-state index is 5.45. The largest absolute Gasteiger partial charge is 0.448 e. The zero-order chi connectivity index (χ0) is 11.2. The molecule has 0 atom stereocenters. The van der Waals surface area contributed by atoms with Gasteiger partial charge in [0.1, 0.15) is 5.76 Å². The highest BCUT2D eigenvalue weighted by Crippen LogP contribution is 2.44. The Labute approximate surface area is 96.8 Å². The molecule has 1 aromatic rings. The molecule has 0 amide bonds. The first-order chi connectivity index (χ1) is 7.69. The first-order valence-electron chi connectivity index (χ1n) is 6.34. The van der Waals surface area contributed by atoms with Crippen molar-refractivity contribution in [2.24, 2.45) is 5.41 Å². The molecule has 3 heteroatoms. The van der Waals surface area contributed by atoms with E-state index in [9.17, 15) is 0 Å². The van der Waals surface area contributed by atoms with Crippen LogP contribution in [0.1, 0.15) is 38.1 Å². The van der Waals surface area contributed by atoms with Gasteiger partial charge in [-0.25, -0.2) is 4.98 Å². The standard InChI is InChI=1S/C13H20N2O/c1-10(2)15-5-3-13(4-6-15)7-11-12(8-13)16-9-14-11/h9-10H,3-8H2,1-2H3. The molecule has 3 nitrogen and oxygen atoms in total. The summed E-state index contributed by atoms with van der Waals surface area (Å²) in [5.74, 6) is 1.15. The Kier molecular flexibility index (Phi) is 2.32. The second kappa shape index (κ2) is 3.59. The summed E-state index contributed by atoms with van der Waals surface area (Å²) in [5, 5.41) is 0. The molecule has 0 unspecified atom stereocenters. The van der Waals surface area contributed by atoms with Crippen LogP contribution in [0.5, 0.6) is 0 Å². The highest BCUT2D eigenvalue weighted by Gasteiger charge is 2.42. The third-order valence-corrected chi connectivity index (χ3v) is 4.39. The number of aromatic nitrogens is 1. The van der Waals surface area contributed by atoms with Crippen molar-refractivity contribution in [3.63, 3.8) is 0 Å². The average Bonchev–Trinajstić information content (AvgIpc) is 2.77. The predicted molar refractivity (Wildman–Crippen MR) is 62.3 cm³/mol. The van der Waals surface area contributed by atoms with E-state index in [1.165, 1.54) is 31.6 Å². The van der Waals surface area contributed by atoms with Crippen molar-refractivity contribution >= 4 is 0 Å². The molecule has 3 rings (SSSR count). The van der Waals surface area contributed by atoms with Crippen molar-refractivity contribution in [1.82, 2.24) is 9.88 Å². The van der Waals surface area contributed by atoms with E-state index in [4.69, 9.17) is 4.42 Å². The molecule has 1 aliphatic carbocycles. The zero-order valence-electron chi connectivity index (χ0n) is 10.2. The van der Waals surface area contributed by atoms with Crippen LogP contribution in [0.2, 0.25) is 0 Å². The Balaban J connectivity index is 1.69. The molecule has 1 fully saturated rings. The van der Waals surface area contributed by atoms with Gasteiger partial charge in [-0.3, -0.25) is 0 Å². The van der Waals surface area contributed by atoms with Gasteiger partial charge >= 0.3 is 0 Å². The number of likely N-dealkylation sites (tertiary alicyclic amines) is 1. The van der Waals surface area contributed by atoms with Gasteiger partial charge in [-0.2, -0.15) is 0 Å². The fraction of sp³-hybridized carbons (Fsp3) is 0.769. The van der Waals surface area contributed by atoms with Crippen LogP contribution in [-0.2, 0) is 12.8 Å². The van der Waals surface area contributed by atoms with Crippen LogP contribution >= 0.6 is 0 Å². The lowest BCUT2D eigenvalue weighted by molar-refractivity contribution is 0.0864. The molecule has 0 bridgehead atoms. The summed E-state index contributed by atoms with van der Waals surface area (Å²) in [4.78, 5) is 6.90. The molecule has 0 N–H and O–H groups in total. The van der Waals surface area contributed by atoms with Crippen LogP contribution in [0.15, 0.2) is 10.8 Å². The van der Waals surface area contributed by atoms with Gasteiger partial charge in [0, 0.05) is 12.5 Å². The van der Waals surface area contributed by atoms with E-state index in [2.05, 4.69) is 23.7 Å². The minimum Gasteiger partial charge on any atom is -0.448 e. The molecule has 16 heavy (non-hydrogen) atoms. The molecule has 1 saturated heterocycles. The number of nitrogens with zero attached hydrogens (tertiary/aromatic N) is 2. The second-order valence-electron chi connectivity index (χ2n) is 5.71. The summed E-state index contributed by atoms with van der Waals surface area (Å²) in [7, 11) is 0. The Bertz CT molecular complexity index is 353. The van der Waals surface area contributed by atoms with Gasteiger partial charge in [0.2, 0.25) is 0 Å². The van der Waals surface area contributed by atoms with Gasteiger partial charge in [-0.05, 0) is 51.6 Å². The lowest BCUT2D eigenvalue weighted by Crippen LogP contribution is -2.43. The zero-order valence-corrected chi connectivity index (χ0v) is 10.2. The van der Waals surface area contributed by atoms with Crippen molar-refractivity contribution in [1.29, 1.82) is 0 Å². The number of oxazole rings is 1. The summed E-state index contributed by atoms with van der Waals surface area (Å²) in [6.07, 6.45) is 6.47. The highest BCUT2D eigenvalue weighted by molar-refractivity contribution is 5.20. The lowest BCUT2D eigenvalue weighted by atomic mass is 9.76. The predicted octanol–water partition coefficient (Wildman–Crippen LogP) is 2.26. The minimum atomic E-state index is 0.480. The maximum Gasteiger partial charge on any atom is 0.181 e. The van der Waals surface area contributed by atoms with Gasteiger partial charge in [0.05, 0.1) is 5.69 Å². The molecule has 2 heterocycles. The first-order valence-corrected chi connectivity index (χ1v) is 6.34. The Morgan fingerprint density at radius 3 is 2.69 bits per heavy atom. The first kappa shape index (κ1) is 10.3. The molecular weight excluding hydrogens is 200 g/mol. The van der Waals surface area contributed by atoms with E-state index in [0.717, 1.165) is 18.6 Å². The van der Waals surface area contributed by atoms with Crippen molar-refractivity contribution in [2.45, 2.75) is 45.6 Å². The fourth-order valence-corrected chi connectivity index (χ4v) is 3.21. The molecule has 1 aromatic heterocycles. The van der Waals surface area contributed by atoms with Crippen LogP contribution in [0, 0.1) is 5.41 Å². The molecular formula is C13H20N2O. The summed E-state index contributed by atoms with van der Waals surface area (Å²) >= 11 is 0. The lowest BCUT2D eigenvalue weighted by Gasteiger charge is -2.40. The van der Waals surface area contributed by atoms with E-state index in [0.29, 0.717) is 11.5 Å². The monoisotopic (exact) mass is 220 g/mol. The molecule has 88 valence electrons. The van der Waals surface area contributed by atoms with Gasteiger partial charge in [0.15, 0.2) is 6.39 Å². The SMILES string of the molecule is CC(C)N1CCC2(CC1)Cc1ncoc1C2. The van der Waals surface area contributed by atoms with Crippen LogP contribution in [-0.4, -0.2) is 29.0 Å². The minimum absolute atomic E-state index is 0.480. The topological polar surface area (TPSA) is 29.3 Å². The van der Waals surface area contributed by atoms with Crippen LogP contribution in [0.25, 0.3) is 0 Å². The van der Waals surface area contributed by atoms with Crippen molar-refractivity contribution in [3.05, 3.63) is 17.8 Å². The van der Waals surface area contributed by atoms with Crippen molar-refractivity contribution < 1.29 is 4.42 Å². The Hall–Kier alpha value is -0.830. The van der Waals surface area contributed by atoms with E-state index >= 15 is 0 Å². The Morgan fingerprint density at radius 2 is 2.06 bits per heavy atom. The number of hydrogen-bond donors (Lipinski definition) is 0. The third-order valence-electron chi connectivity index (χ3n) is 4.39. The molecule has 0 aromatic carbocycles. The van der Waals surface area contributed by atoms with Gasteiger partial charge in [-0.15, -0.1) is 0 Å². The van der Waals surface area contributed by atoms with Gasteiger partial charge in [0.25, 0.3) is 0 Å². The van der Waals surface area contributed by atoms with E-state index in [-0.39, 0.29) is 0 Å². The Morgan fingerprint density at radius 1 is 1.31 bits per heavy atom. The molecule has 2 aliphatic rings. The second-order valence-corrected chi connectivity index (χ2v) is 5.71. The number of piperidine rings is 1. The van der Waals surface area contributed by atoms with E-state index in [1.807, 2.05) is 0 Å². The van der Waals surface area contributed by atoms with Crippen LogP contribution < -0.4 is 0 Å². The van der Waals surface area contributed by atoms with Gasteiger partial charge < -0.3 is 9.32 Å². The molecule has 1 aliphatic heterocycles. The summed E-state index contributed by atoms with van der Waals surface area (Å²) in [6, 6.07) is 0.688. The summed E-state index contributed by atoms with van der Waals surface area (Å²) < 4.78 is 5.45. The van der Waals surface area contributed by atoms with Crippen LogP contribution in [0.3, 0.4) is 0 Å². The fourth-order valence-electron chi connectivity index (χ4n) is 3.21. The van der Waals surface area contributed by atoms with E-state index < -0.39 is 0 Å². The van der Waals surface area contributed by atoms with Crippen LogP contribution in [0.4, 0.5) is 0 Å². The smallest absolute Gasteiger partial charge is 0.181 e. The van der Waals surface area contributed by atoms with Crippen molar-refractivity contribution in [3.8, 4) is 0 Å². The highest BCUT2D eigenvalue weighted by atomic mass is 16.3. The number of rotatable bonds is 1. The number of hydrogen-bond acceptors (Lipinski definition) is 3. The third kappa shape index (κ3) is 1.58. The summed E-state index contributed by atoms with van der Waals surface area (Å²) in [6.45, 7) is 7.06. The molecule has 0 saturated carbocycles. The quantitative estimate of drug-likeness (QED) is 0.727. The number of fused-ring (bicyclic) bond motifs is 1. The van der Waals surface area contributed by atoms with E-state index in [1.54, 1.807) is 6.39 Å².